The van der Waals surface area contributed by atoms with E-state index in [0.717, 1.165) is 16.8 Å². The van der Waals surface area contributed by atoms with Gasteiger partial charge in [-0.1, -0.05) is 30.3 Å². The number of methoxy groups -OCH3 is 1. The summed E-state index contributed by atoms with van der Waals surface area (Å²) in [5.41, 5.74) is 3.40. The van der Waals surface area contributed by atoms with E-state index in [4.69, 9.17) is 4.74 Å². The van der Waals surface area contributed by atoms with Crippen LogP contribution >= 0.6 is 11.3 Å². The summed E-state index contributed by atoms with van der Waals surface area (Å²) in [6, 6.07) is 14.6. The molecule has 3 aromatic rings. The number of hydrogen-bond donors (Lipinski definition) is 1. The lowest BCUT2D eigenvalue weighted by Crippen LogP contribution is -1.93. The second kappa shape index (κ2) is 6.68. The van der Waals surface area contributed by atoms with E-state index < -0.39 is 0 Å². The zero-order chi connectivity index (χ0) is 15.4. The molecule has 3 rings (SSSR count). The summed E-state index contributed by atoms with van der Waals surface area (Å²) >= 11 is 1.45. The zero-order valence-electron chi connectivity index (χ0n) is 12.0. The lowest BCUT2D eigenvalue weighted by Gasteiger charge is -2.04. The highest BCUT2D eigenvalue weighted by Crippen LogP contribution is 2.28. The first-order valence-electron chi connectivity index (χ1n) is 6.81. The van der Waals surface area contributed by atoms with E-state index in [1.807, 2.05) is 29.6 Å². The number of thiazole rings is 1. The Morgan fingerprint density at radius 1 is 1.18 bits per heavy atom. The van der Waals surface area contributed by atoms with Crippen LogP contribution in [0.4, 0.5) is 15.2 Å². The van der Waals surface area contributed by atoms with Crippen molar-refractivity contribution < 1.29 is 9.13 Å². The van der Waals surface area contributed by atoms with E-state index in [1.165, 1.54) is 17.4 Å². The minimum absolute atomic E-state index is 0.290. The number of anilines is 2. The SMILES string of the molecule is COCc1cccc(-c2csc(Nc3ccccc3F)n2)c1. The Morgan fingerprint density at radius 2 is 2.05 bits per heavy atom. The third kappa shape index (κ3) is 3.32. The fourth-order valence-corrected chi connectivity index (χ4v) is 2.86. The molecular formula is C17H15FN2OS. The number of rotatable bonds is 5. The van der Waals surface area contributed by atoms with Crippen molar-refractivity contribution in [3.05, 3.63) is 65.3 Å². The van der Waals surface area contributed by atoms with Gasteiger partial charge in [-0.05, 0) is 23.8 Å². The molecule has 0 radical (unpaired) electrons. The molecule has 3 nitrogen and oxygen atoms in total. The summed E-state index contributed by atoms with van der Waals surface area (Å²) in [6.45, 7) is 0.568. The quantitative estimate of drug-likeness (QED) is 0.732. The highest BCUT2D eigenvalue weighted by molar-refractivity contribution is 7.14. The van der Waals surface area contributed by atoms with Crippen molar-refractivity contribution >= 4 is 22.2 Å². The fraction of sp³-hybridized carbons (Fsp3) is 0.118. The van der Waals surface area contributed by atoms with Crippen LogP contribution in [0.15, 0.2) is 53.9 Å². The van der Waals surface area contributed by atoms with Crippen LogP contribution in [0.5, 0.6) is 0 Å². The van der Waals surface area contributed by atoms with Crippen LogP contribution in [0.3, 0.4) is 0 Å². The van der Waals surface area contributed by atoms with Gasteiger partial charge in [0.05, 0.1) is 18.0 Å². The smallest absolute Gasteiger partial charge is 0.187 e. The van der Waals surface area contributed by atoms with Gasteiger partial charge in [-0.25, -0.2) is 9.37 Å². The first-order valence-corrected chi connectivity index (χ1v) is 7.69. The summed E-state index contributed by atoms with van der Waals surface area (Å²) in [6.07, 6.45) is 0. The average Bonchev–Trinajstić information content (AvgIpc) is 2.99. The van der Waals surface area contributed by atoms with Crippen LogP contribution in [-0.2, 0) is 11.3 Å². The van der Waals surface area contributed by atoms with E-state index in [-0.39, 0.29) is 5.82 Å². The second-order valence-corrected chi connectivity index (χ2v) is 5.63. The minimum Gasteiger partial charge on any atom is -0.380 e. The van der Waals surface area contributed by atoms with Gasteiger partial charge in [-0.2, -0.15) is 0 Å². The maximum Gasteiger partial charge on any atom is 0.187 e. The number of nitrogens with zero attached hydrogens (tertiary/aromatic N) is 1. The topological polar surface area (TPSA) is 34.1 Å². The summed E-state index contributed by atoms with van der Waals surface area (Å²) in [5.74, 6) is -0.290. The van der Waals surface area contributed by atoms with Crippen LogP contribution in [0.2, 0.25) is 0 Å². The number of ether oxygens (including phenoxy) is 1. The summed E-state index contributed by atoms with van der Waals surface area (Å²) < 4.78 is 18.8. The third-order valence-electron chi connectivity index (χ3n) is 3.15. The highest BCUT2D eigenvalue weighted by atomic mass is 32.1. The molecule has 5 heteroatoms. The molecule has 0 spiro atoms. The Kier molecular flexibility index (Phi) is 4.46. The molecule has 0 saturated carbocycles. The molecule has 22 heavy (non-hydrogen) atoms. The van der Waals surface area contributed by atoms with Gasteiger partial charge < -0.3 is 10.1 Å². The van der Waals surface area contributed by atoms with Crippen LogP contribution in [0, 0.1) is 5.82 Å². The molecule has 0 amide bonds. The maximum atomic E-state index is 13.6. The van der Waals surface area contributed by atoms with Crippen molar-refractivity contribution in [2.45, 2.75) is 6.61 Å². The van der Waals surface area contributed by atoms with E-state index in [2.05, 4.69) is 10.3 Å². The molecule has 0 aliphatic carbocycles. The standard InChI is InChI=1S/C17H15FN2OS/c1-21-10-12-5-4-6-13(9-12)16-11-22-17(20-16)19-15-8-3-2-7-14(15)18/h2-9,11H,10H2,1H3,(H,19,20). The van der Waals surface area contributed by atoms with Crippen LogP contribution in [0.1, 0.15) is 5.56 Å². The molecule has 0 saturated heterocycles. The van der Waals surface area contributed by atoms with Gasteiger partial charge in [-0.3, -0.25) is 0 Å². The lowest BCUT2D eigenvalue weighted by atomic mass is 10.1. The van der Waals surface area contributed by atoms with Crippen LogP contribution in [0.25, 0.3) is 11.3 Å². The van der Waals surface area contributed by atoms with Gasteiger partial charge >= 0.3 is 0 Å². The Bertz CT molecular complexity index is 773. The normalized spacial score (nSPS) is 10.6. The molecule has 1 N–H and O–H groups in total. The molecule has 0 unspecified atom stereocenters. The molecule has 112 valence electrons. The van der Waals surface area contributed by atoms with Gasteiger partial charge in [0.1, 0.15) is 5.82 Å². The first-order chi connectivity index (χ1) is 10.8. The zero-order valence-corrected chi connectivity index (χ0v) is 12.9. The van der Waals surface area contributed by atoms with Gasteiger partial charge in [0.15, 0.2) is 5.13 Å². The number of hydrogen-bond acceptors (Lipinski definition) is 4. The largest absolute Gasteiger partial charge is 0.380 e. The maximum absolute atomic E-state index is 13.6. The van der Waals surface area contributed by atoms with Crippen molar-refractivity contribution in [1.29, 1.82) is 0 Å². The second-order valence-electron chi connectivity index (χ2n) is 4.78. The summed E-state index contributed by atoms with van der Waals surface area (Å²) in [4.78, 5) is 4.52. The molecule has 0 fully saturated rings. The van der Waals surface area contributed by atoms with Gasteiger partial charge in [0.25, 0.3) is 0 Å². The lowest BCUT2D eigenvalue weighted by molar-refractivity contribution is 0.185. The molecule has 0 aliphatic heterocycles. The molecule has 2 aromatic carbocycles. The van der Waals surface area contributed by atoms with E-state index in [1.54, 1.807) is 25.3 Å². The third-order valence-corrected chi connectivity index (χ3v) is 3.91. The van der Waals surface area contributed by atoms with E-state index in [9.17, 15) is 4.39 Å². The molecule has 1 aromatic heterocycles. The number of nitrogens with one attached hydrogen (secondary N) is 1. The summed E-state index contributed by atoms with van der Waals surface area (Å²) in [5, 5.41) is 5.63. The van der Waals surface area contributed by atoms with E-state index >= 15 is 0 Å². The van der Waals surface area contributed by atoms with Crippen molar-refractivity contribution in [3.8, 4) is 11.3 Å². The molecular weight excluding hydrogens is 299 g/mol. The Labute approximate surface area is 132 Å². The average molecular weight is 314 g/mol. The van der Waals surface area contributed by atoms with Gasteiger partial charge in [0, 0.05) is 18.1 Å². The monoisotopic (exact) mass is 314 g/mol. The number of benzene rings is 2. The number of para-hydroxylation sites is 1. The Hall–Kier alpha value is -2.24. The van der Waals surface area contributed by atoms with Crippen molar-refractivity contribution in [1.82, 2.24) is 4.98 Å². The van der Waals surface area contributed by atoms with Gasteiger partial charge in [-0.15, -0.1) is 11.3 Å². The molecule has 1 heterocycles. The van der Waals surface area contributed by atoms with Crippen molar-refractivity contribution in [2.24, 2.45) is 0 Å². The number of aromatic nitrogens is 1. The van der Waals surface area contributed by atoms with E-state index in [0.29, 0.717) is 17.4 Å². The first kappa shape index (κ1) is 14.7. The predicted molar refractivity (Wildman–Crippen MR) is 87.9 cm³/mol. The van der Waals surface area contributed by atoms with Crippen LogP contribution < -0.4 is 5.32 Å². The minimum atomic E-state index is -0.290. The highest BCUT2D eigenvalue weighted by Gasteiger charge is 2.07. The number of halogens is 1. The van der Waals surface area contributed by atoms with Crippen LogP contribution in [-0.4, -0.2) is 12.1 Å². The summed E-state index contributed by atoms with van der Waals surface area (Å²) in [7, 11) is 1.67. The molecule has 0 bridgehead atoms. The molecule has 0 aliphatic rings. The molecule has 0 atom stereocenters. The van der Waals surface area contributed by atoms with Crippen molar-refractivity contribution in [2.75, 3.05) is 12.4 Å². The van der Waals surface area contributed by atoms with Gasteiger partial charge in [0.2, 0.25) is 0 Å². The Morgan fingerprint density at radius 3 is 2.86 bits per heavy atom. The Balaban J connectivity index is 1.82. The fourth-order valence-electron chi connectivity index (χ4n) is 2.13. The predicted octanol–water partition coefficient (Wildman–Crippen LogP) is 4.84. The van der Waals surface area contributed by atoms with Crippen molar-refractivity contribution in [3.63, 3.8) is 0 Å².